The number of likely N-dealkylation sites (tertiary alicyclic amines) is 1. The fourth-order valence-corrected chi connectivity index (χ4v) is 3.07. The molecule has 2 unspecified atom stereocenters. The molecule has 0 saturated carbocycles. The van der Waals surface area contributed by atoms with Crippen molar-refractivity contribution in [2.24, 2.45) is 11.7 Å². The Balaban J connectivity index is 1.81. The molecule has 1 saturated heterocycles. The van der Waals surface area contributed by atoms with E-state index in [0.29, 0.717) is 17.3 Å². The normalized spacial score (nSPS) is 20.5. The first-order valence-corrected chi connectivity index (χ1v) is 7.81. The predicted octanol–water partition coefficient (Wildman–Crippen LogP) is 1.06. The third kappa shape index (κ3) is 3.80. The largest absolute Gasteiger partial charge is 0.342 e. The van der Waals surface area contributed by atoms with Crippen LogP contribution in [0.4, 0.5) is 0 Å². The molecule has 6 heteroatoms. The van der Waals surface area contributed by atoms with Gasteiger partial charge in [0.25, 0.3) is 5.91 Å². The second-order valence-electron chi connectivity index (χ2n) is 5.26. The number of hydrogen-bond acceptors (Lipinski definition) is 4. The minimum Gasteiger partial charge on any atom is -0.342 e. The third-order valence-corrected chi connectivity index (χ3v) is 4.57. The first-order valence-electron chi connectivity index (χ1n) is 6.93. The van der Waals surface area contributed by atoms with Crippen LogP contribution in [0, 0.1) is 5.92 Å². The number of nitrogens with two attached hydrogens (primary N) is 1. The minimum absolute atomic E-state index is 0.0275. The molecule has 110 valence electrons. The average molecular weight is 295 g/mol. The highest BCUT2D eigenvalue weighted by molar-refractivity contribution is 7.12. The van der Waals surface area contributed by atoms with Crippen molar-refractivity contribution in [2.75, 3.05) is 19.6 Å². The van der Waals surface area contributed by atoms with Crippen LogP contribution in [-0.4, -0.2) is 42.4 Å². The number of carbonyl (C=O) groups excluding carboxylic acids is 2. The van der Waals surface area contributed by atoms with Gasteiger partial charge in [-0.15, -0.1) is 11.3 Å². The molecule has 0 bridgehead atoms. The van der Waals surface area contributed by atoms with Crippen molar-refractivity contribution in [3.05, 3.63) is 22.4 Å². The fourth-order valence-electron chi connectivity index (χ4n) is 2.43. The monoisotopic (exact) mass is 295 g/mol. The van der Waals surface area contributed by atoms with E-state index in [0.717, 1.165) is 19.4 Å². The lowest BCUT2D eigenvalue weighted by molar-refractivity contribution is -0.132. The summed E-state index contributed by atoms with van der Waals surface area (Å²) >= 11 is 1.37. The SMILES string of the molecule is CC(N)C1CCCN(C(=O)CNC(=O)c2cccs2)C1. The number of nitrogens with zero attached hydrogens (tertiary/aromatic N) is 1. The highest BCUT2D eigenvalue weighted by Crippen LogP contribution is 2.18. The van der Waals surface area contributed by atoms with Gasteiger partial charge in [-0.3, -0.25) is 9.59 Å². The highest BCUT2D eigenvalue weighted by Gasteiger charge is 2.25. The predicted molar refractivity (Wildman–Crippen MR) is 79.6 cm³/mol. The van der Waals surface area contributed by atoms with E-state index >= 15 is 0 Å². The van der Waals surface area contributed by atoms with Crippen LogP contribution in [0.2, 0.25) is 0 Å². The fraction of sp³-hybridized carbons (Fsp3) is 0.571. The van der Waals surface area contributed by atoms with Gasteiger partial charge in [0.1, 0.15) is 0 Å². The van der Waals surface area contributed by atoms with Gasteiger partial charge < -0.3 is 16.0 Å². The molecule has 1 aliphatic rings. The molecule has 2 heterocycles. The molecule has 20 heavy (non-hydrogen) atoms. The van der Waals surface area contributed by atoms with Gasteiger partial charge in [-0.05, 0) is 37.1 Å². The van der Waals surface area contributed by atoms with Crippen molar-refractivity contribution < 1.29 is 9.59 Å². The van der Waals surface area contributed by atoms with Crippen molar-refractivity contribution in [1.82, 2.24) is 10.2 Å². The Bertz CT molecular complexity index is 459. The van der Waals surface area contributed by atoms with Gasteiger partial charge in [0, 0.05) is 19.1 Å². The molecular weight excluding hydrogens is 274 g/mol. The van der Waals surface area contributed by atoms with Gasteiger partial charge in [0.2, 0.25) is 5.91 Å². The number of piperidine rings is 1. The zero-order valence-corrected chi connectivity index (χ0v) is 12.5. The van der Waals surface area contributed by atoms with Crippen molar-refractivity contribution in [1.29, 1.82) is 0 Å². The van der Waals surface area contributed by atoms with E-state index in [1.807, 2.05) is 23.3 Å². The summed E-state index contributed by atoms with van der Waals surface area (Å²) in [5.41, 5.74) is 5.91. The van der Waals surface area contributed by atoms with Gasteiger partial charge >= 0.3 is 0 Å². The lowest BCUT2D eigenvalue weighted by Crippen LogP contribution is -2.48. The van der Waals surface area contributed by atoms with Crippen LogP contribution in [0.1, 0.15) is 29.4 Å². The van der Waals surface area contributed by atoms with Gasteiger partial charge in [0.15, 0.2) is 0 Å². The number of carbonyl (C=O) groups is 2. The molecule has 1 aromatic heterocycles. The lowest BCUT2D eigenvalue weighted by Gasteiger charge is -2.34. The van der Waals surface area contributed by atoms with Gasteiger partial charge in [-0.25, -0.2) is 0 Å². The van der Waals surface area contributed by atoms with Crippen LogP contribution in [-0.2, 0) is 4.79 Å². The summed E-state index contributed by atoms with van der Waals surface area (Å²) in [5.74, 6) is 0.148. The van der Waals surface area contributed by atoms with Crippen molar-refractivity contribution in [3.8, 4) is 0 Å². The maximum Gasteiger partial charge on any atom is 0.261 e. The van der Waals surface area contributed by atoms with E-state index in [2.05, 4.69) is 5.32 Å². The van der Waals surface area contributed by atoms with Crippen LogP contribution in [0.25, 0.3) is 0 Å². The Morgan fingerprint density at radius 1 is 1.60 bits per heavy atom. The third-order valence-electron chi connectivity index (χ3n) is 3.70. The second-order valence-corrected chi connectivity index (χ2v) is 6.21. The summed E-state index contributed by atoms with van der Waals surface area (Å²) in [7, 11) is 0. The van der Waals surface area contributed by atoms with Crippen molar-refractivity contribution in [3.63, 3.8) is 0 Å². The van der Waals surface area contributed by atoms with E-state index in [9.17, 15) is 9.59 Å². The summed E-state index contributed by atoms with van der Waals surface area (Å²) < 4.78 is 0. The van der Waals surface area contributed by atoms with E-state index in [4.69, 9.17) is 5.73 Å². The molecule has 0 aliphatic carbocycles. The standard InChI is InChI=1S/C14H21N3O2S/c1-10(15)11-4-2-6-17(9-11)13(18)8-16-14(19)12-5-3-7-20-12/h3,5,7,10-11H,2,4,6,8-9,15H2,1H3,(H,16,19). The summed E-state index contributed by atoms with van der Waals surface area (Å²) in [4.78, 5) is 26.3. The average Bonchev–Trinajstić information content (AvgIpc) is 2.98. The molecule has 1 aromatic rings. The molecule has 1 fully saturated rings. The smallest absolute Gasteiger partial charge is 0.261 e. The summed E-state index contributed by atoms with van der Waals surface area (Å²) in [6, 6.07) is 3.67. The Hall–Kier alpha value is -1.40. The Kier molecular flexibility index (Phi) is 5.14. The Morgan fingerprint density at radius 3 is 3.05 bits per heavy atom. The molecule has 5 nitrogen and oxygen atoms in total. The molecule has 2 amide bonds. The zero-order valence-electron chi connectivity index (χ0n) is 11.7. The van der Waals surface area contributed by atoms with E-state index in [1.54, 1.807) is 6.07 Å². The van der Waals surface area contributed by atoms with Gasteiger partial charge in [-0.1, -0.05) is 6.07 Å². The van der Waals surface area contributed by atoms with E-state index < -0.39 is 0 Å². The highest BCUT2D eigenvalue weighted by atomic mass is 32.1. The quantitative estimate of drug-likeness (QED) is 0.872. The molecule has 0 aromatic carbocycles. The van der Waals surface area contributed by atoms with Crippen LogP contribution >= 0.6 is 11.3 Å². The van der Waals surface area contributed by atoms with Gasteiger partial charge in [-0.2, -0.15) is 0 Å². The second kappa shape index (κ2) is 6.85. The summed E-state index contributed by atoms with van der Waals surface area (Å²) in [6.45, 7) is 3.50. The minimum atomic E-state index is -0.186. The Labute approximate surface area is 123 Å². The van der Waals surface area contributed by atoms with Crippen molar-refractivity contribution in [2.45, 2.75) is 25.8 Å². The molecule has 2 atom stereocenters. The maximum atomic E-state index is 12.1. The van der Waals surface area contributed by atoms with Crippen LogP contribution in [0.3, 0.4) is 0 Å². The molecular formula is C14H21N3O2S. The van der Waals surface area contributed by atoms with Crippen LogP contribution in [0.5, 0.6) is 0 Å². The number of thiophene rings is 1. The number of amides is 2. The lowest BCUT2D eigenvalue weighted by atomic mass is 9.92. The first kappa shape index (κ1) is 15.0. The first-order chi connectivity index (χ1) is 9.58. The van der Waals surface area contributed by atoms with Crippen LogP contribution < -0.4 is 11.1 Å². The molecule has 3 N–H and O–H groups in total. The van der Waals surface area contributed by atoms with E-state index in [-0.39, 0.29) is 24.4 Å². The van der Waals surface area contributed by atoms with Gasteiger partial charge in [0.05, 0.1) is 11.4 Å². The molecule has 2 rings (SSSR count). The zero-order chi connectivity index (χ0) is 14.5. The topological polar surface area (TPSA) is 75.4 Å². The molecule has 0 radical (unpaired) electrons. The van der Waals surface area contributed by atoms with Crippen molar-refractivity contribution >= 4 is 23.2 Å². The number of hydrogen-bond donors (Lipinski definition) is 2. The maximum absolute atomic E-state index is 12.1. The Morgan fingerprint density at radius 2 is 2.40 bits per heavy atom. The number of nitrogens with one attached hydrogen (secondary N) is 1. The summed E-state index contributed by atoms with van der Waals surface area (Å²) in [6.07, 6.45) is 2.06. The number of rotatable bonds is 4. The molecule has 1 aliphatic heterocycles. The van der Waals surface area contributed by atoms with Crippen LogP contribution in [0.15, 0.2) is 17.5 Å². The summed E-state index contributed by atoms with van der Waals surface area (Å²) in [5, 5.41) is 4.52. The van der Waals surface area contributed by atoms with E-state index in [1.165, 1.54) is 11.3 Å². The molecule has 0 spiro atoms.